The van der Waals surface area contributed by atoms with Crippen LogP contribution < -0.4 is 10.5 Å². The molecular weight excluding hydrogens is 218 g/mol. The highest BCUT2D eigenvalue weighted by Crippen LogP contribution is 2.26. The first kappa shape index (κ1) is 13.4. The number of unbranched alkanes of at least 4 members (excludes halogenated alkanes) is 2. The number of anilines is 1. The fourth-order valence-electron chi connectivity index (χ4n) is 1.54. The first-order valence-corrected chi connectivity index (χ1v) is 5.80. The Morgan fingerprint density at radius 1 is 1.35 bits per heavy atom. The maximum atomic E-state index is 11.8. The van der Waals surface area contributed by atoms with Crippen LogP contribution in [0.2, 0.25) is 0 Å². The lowest BCUT2D eigenvalue weighted by atomic mass is 10.1. The minimum absolute atomic E-state index is 0.379. The molecule has 0 atom stereocenters. The van der Waals surface area contributed by atoms with Crippen LogP contribution in [0.4, 0.5) is 5.69 Å². The quantitative estimate of drug-likeness (QED) is 0.469. The summed E-state index contributed by atoms with van der Waals surface area (Å²) in [6, 6.07) is 5.05. The van der Waals surface area contributed by atoms with Crippen LogP contribution in [0.15, 0.2) is 18.2 Å². The van der Waals surface area contributed by atoms with Gasteiger partial charge in [-0.3, -0.25) is 0 Å². The molecule has 0 amide bonds. The Labute approximate surface area is 102 Å². The Hall–Kier alpha value is -1.71. The van der Waals surface area contributed by atoms with E-state index in [0.29, 0.717) is 23.6 Å². The second kappa shape index (κ2) is 6.78. The van der Waals surface area contributed by atoms with Crippen molar-refractivity contribution >= 4 is 11.7 Å². The average molecular weight is 237 g/mol. The molecule has 1 rings (SSSR count). The van der Waals surface area contributed by atoms with Gasteiger partial charge in [-0.1, -0.05) is 25.8 Å². The number of benzene rings is 1. The molecule has 94 valence electrons. The number of methoxy groups -OCH3 is 1. The number of hydrogen-bond donors (Lipinski definition) is 1. The van der Waals surface area contributed by atoms with Gasteiger partial charge in [0.2, 0.25) is 0 Å². The summed E-state index contributed by atoms with van der Waals surface area (Å²) in [7, 11) is 1.49. The summed E-state index contributed by atoms with van der Waals surface area (Å²) < 4.78 is 10.3. The van der Waals surface area contributed by atoms with Gasteiger partial charge in [0.15, 0.2) is 5.75 Å². The van der Waals surface area contributed by atoms with Crippen molar-refractivity contribution in [1.82, 2.24) is 0 Å². The Kier molecular flexibility index (Phi) is 5.33. The number of rotatable bonds is 6. The molecular formula is C13H19NO3. The highest BCUT2D eigenvalue weighted by molar-refractivity contribution is 5.94. The summed E-state index contributed by atoms with van der Waals surface area (Å²) in [6.07, 6.45) is 3.04. The van der Waals surface area contributed by atoms with Gasteiger partial charge in [0.25, 0.3) is 0 Å². The SMILES string of the molecule is CCCCCOC(=O)c1cccc(N)c1OC. The molecule has 4 heteroatoms. The minimum Gasteiger partial charge on any atom is -0.494 e. The second-order valence-electron chi connectivity index (χ2n) is 3.77. The number of carbonyl (C=O) groups excluding carboxylic acids is 1. The van der Waals surface area contributed by atoms with Crippen LogP contribution in [0.1, 0.15) is 36.5 Å². The Balaban J connectivity index is 2.65. The number of hydrogen-bond acceptors (Lipinski definition) is 4. The number of nitrogens with two attached hydrogens (primary N) is 1. The van der Waals surface area contributed by atoms with E-state index in [1.807, 2.05) is 0 Å². The molecule has 0 saturated heterocycles. The summed E-state index contributed by atoms with van der Waals surface area (Å²) in [6.45, 7) is 2.54. The van der Waals surface area contributed by atoms with Gasteiger partial charge in [0.1, 0.15) is 5.56 Å². The van der Waals surface area contributed by atoms with Gasteiger partial charge in [-0.25, -0.2) is 4.79 Å². The predicted octanol–water partition coefficient (Wildman–Crippen LogP) is 2.62. The van der Waals surface area contributed by atoms with Gasteiger partial charge in [0, 0.05) is 0 Å². The molecule has 17 heavy (non-hydrogen) atoms. The minimum atomic E-state index is -0.384. The van der Waals surface area contributed by atoms with Crippen molar-refractivity contribution in [2.24, 2.45) is 0 Å². The molecule has 4 nitrogen and oxygen atoms in total. The van der Waals surface area contributed by atoms with E-state index in [9.17, 15) is 4.79 Å². The molecule has 1 aromatic rings. The van der Waals surface area contributed by atoms with Crippen LogP contribution in [0.3, 0.4) is 0 Å². The van der Waals surface area contributed by atoms with E-state index >= 15 is 0 Å². The van der Waals surface area contributed by atoms with Gasteiger partial charge < -0.3 is 15.2 Å². The van der Waals surface area contributed by atoms with E-state index in [-0.39, 0.29) is 5.97 Å². The molecule has 0 unspecified atom stereocenters. The Morgan fingerprint density at radius 2 is 2.12 bits per heavy atom. The molecule has 2 N–H and O–H groups in total. The van der Waals surface area contributed by atoms with E-state index in [4.69, 9.17) is 15.2 Å². The van der Waals surface area contributed by atoms with Gasteiger partial charge in [-0.2, -0.15) is 0 Å². The molecule has 1 aromatic carbocycles. The lowest BCUT2D eigenvalue weighted by molar-refractivity contribution is 0.0494. The Morgan fingerprint density at radius 3 is 2.76 bits per heavy atom. The van der Waals surface area contributed by atoms with E-state index in [2.05, 4.69) is 6.92 Å². The highest BCUT2D eigenvalue weighted by atomic mass is 16.5. The van der Waals surface area contributed by atoms with Crippen LogP contribution in [-0.4, -0.2) is 19.7 Å². The number of nitrogen functional groups attached to an aromatic ring is 1. The third-order valence-corrected chi connectivity index (χ3v) is 2.45. The smallest absolute Gasteiger partial charge is 0.342 e. The van der Waals surface area contributed by atoms with Crippen molar-refractivity contribution in [2.45, 2.75) is 26.2 Å². The lowest BCUT2D eigenvalue weighted by Gasteiger charge is -2.10. The molecule has 0 heterocycles. The molecule has 0 aromatic heterocycles. The predicted molar refractivity (Wildman–Crippen MR) is 67.2 cm³/mol. The third-order valence-electron chi connectivity index (χ3n) is 2.45. The molecule has 0 spiro atoms. The number of carbonyl (C=O) groups is 1. The highest BCUT2D eigenvalue weighted by Gasteiger charge is 2.15. The summed E-state index contributed by atoms with van der Waals surface area (Å²) in [5.41, 5.74) is 6.53. The van der Waals surface area contributed by atoms with E-state index in [0.717, 1.165) is 19.3 Å². The second-order valence-corrected chi connectivity index (χ2v) is 3.77. The van der Waals surface area contributed by atoms with Crippen LogP contribution >= 0.6 is 0 Å². The van der Waals surface area contributed by atoms with E-state index in [1.165, 1.54) is 7.11 Å². The molecule has 0 fully saturated rings. The van der Waals surface area contributed by atoms with Crippen molar-refractivity contribution in [3.63, 3.8) is 0 Å². The summed E-state index contributed by atoms with van der Waals surface area (Å²) in [4.78, 5) is 11.8. The molecule has 0 aliphatic rings. The fourth-order valence-corrected chi connectivity index (χ4v) is 1.54. The average Bonchev–Trinajstić information content (AvgIpc) is 2.34. The number of ether oxygens (including phenoxy) is 2. The fraction of sp³-hybridized carbons (Fsp3) is 0.462. The first-order chi connectivity index (χ1) is 8.20. The van der Waals surface area contributed by atoms with Gasteiger partial charge in [-0.15, -0.1) is 0 Å². The zero-order valence-corrected chi connectivity index (χ0v) is 10.4. The molecule has 0 radical (unpaired) electrons. The van der Waals surface area contributed by atoms with Crippen molar-refractivity contribution in [3.05, 3.63) is 23.8 Å². The normalized spacial score (nSPS) is 10.0. The van der Waals surface area contributed by atoms with Crippen LogP contribution in [0.5, 0.6) is 5.75 Å². The molecule has 0 saturated carbocycles. The Bertz CT molecular complexity index is 377. The standard InChI is InChI=1S/C13H19NO3/c1-3-4-5-9-17-13(15)10-7-6-8-11(14)12(10)16-2/h6-8H,3-5,9,14H2,1-2H3. The summed E-state index contributed by atoms with van der Waals surface area (Å²) >= 11 is 0. The van der Waals surface area contributed by atoms with Crippen molar-refractivity contribution in [1.29, 1.82) is 0 Å². The monoisotopic (exact) mass is 237 g/mol. The largest absolute Gasteiger partial charge is 0.494 e. The van der Waals surface area contributed by atoms with Crippen molar-refractivity contribution in [3.8, 4) is 5.75 Å². The van der Waals surface area contributed by atoms with E-state index in [1.54, 1.807) is 18.2 Å². The summed E-state index contributed by atoms with van der Waals surface area (Å²) in [5.74, 6) is -0.00163. The van der Waals surface area contributed by atoms with Gasteiger partial charge in [-0.05, 0) is 18.6 Å². The zero-order valence-electron chi connectivity index (χ0n) is 10.4. The van der Waals surface area contributed by atoms with Crippen LogP contribution in [0.25, 0.3) is 0 Å². The lowest BCUT2D eigenvalue weighted by Crippen LogP contribution is -2.09. The molecule has 0 aliphatic heterocycles. The number of esters is 1. The van der Waals surface area contributed by atoms with Gasteiger partial charge in [0.05, 0.1) is 19.4 Å². The maximum Gasteiger partial charge on any atom is 0.342 e. The molecule has 0 bridgehead atoms. The molecule has 0 aliphatic carbocycles. The first-order valence-electron chi connectivity index (χ1n) is 5.80. The van der Waals surface area contributed by atoms with Crippen molar-refractivity contribution in [2.75, 3.05) is 19.5 Å². The topological polar surface area (TPSA) is 61.5 Å². The van der Waals surface area contributed by atoms with Crippen molar-refractivity contribution < 1.29 is 14.3 Å². The van der Waals surface area contributed by atoms with Crippen LogP contribution in [0, 0.1) is 0 Å². The van der Waals surface area contributed by atoms with Crippen LogP contribution in [-0.2, 0) is 4.74 Å². The van der Waals surface area contributed by atoms with E-state index < -0.39 is 0 Å². The maximum absolute atomic E-state index is 11.8. The summed E-state index contributed by atoms with van der Waals surface area (Å²) in [5, 5.41) is 0. The third kappa shape index (κ3) is 3.66. The zero-order chi connectivity index (χ0) is 12.7. The number of para-hydroxylation sites is 1. The van der Waals surface area contributed by atoms with Gasteiger partial charge >= 0.3 is 5.97 Å².